The molecule has 2 fully saturated rings. The lowest BCUT2D eigenvalue weighted by Gasteiger charge is -2.46. The first kappa shape index (κ1) is 11.5. The molecule has 3 nitrogen and oxygen atoms in total. The SMILES string of the molecule is CN1CC(=C2CCCC2)C(C)(C)N(C)C1=O. The second kappa shape index (κ2) is 3.79. The van der Waals surface area contributed by atoms with Gasteiger partial charge in [-0.3, -0.25) is 0 Å². The van der Waals surface area contributed by atoms with E-state index >= 15 is 0 Å². The Balaban J connectivity index is 2.38. The Kier molecular flexibility index (Phi) is 2.72. The van der Waals surface area contributed by atoms with Crippen molar-refractivity contribution in [1.82, 2.24) is 9.80 Å². The van der Waals surface area contributed by atoms with Crippen LogP contribution in [0.5, 0.6) is 0 Å². The highest BCUT2D eigenvalue weighted by molar-refractivity contribution is 5.77. The lowest BCUT2D eigenvalue weighted by molar-refractivity contribution is 0.118. The Morgan fingerprint density at radius 2 is 1.69 bits per heavy atom. The van der Waals surface area contributed by atoms with Gasteiger partial charge in [-0.1, -0.05) is 5.57 Å². The molecule has 0 aromatic rings. The second-order valence-electron chi connectivity index (χ2n) is 5.55. The van der Waals surface area contributed by atoms with Crippen LogP contribution < -0.4 is 0 Å². The number of rotatable bonds is 0. The predicted molar refractivity (Wildman–Crippen MR) is 65.4 cm³/mol. The van der Waals surface area contributed by atoms with Gasteiger partial charge in [-0.2, -0.15) is 0 Å². The van der Waals surface area contributed by atoms with Crippen molar-refractivity contribution in [2.45, 2.75) is 45.1 Å². The van der Waals surface area contributed by atoms with Crippen LogP contribution in [-0.2, 0) is 0 Å². The summed E-state index contributed by atoms with van der Waals surface area (Å²) in [6.45, 7) is 5.14. The zero-order chi connectivity index (χ0) is 11.9. The third kappa shape index (κ3) is 1.62. The van der Waals surface area contributed by atoms with Gasteiger partial charge in [-0.25, -0.2) is 4.79 Å². The predicted octanol–water partition coefficient (Wildman–Crippen LogP) is 2.63. The van der Waals surface area contributed by atoms with E-state index in [0.29, 0.717) is 0 Å². The minimum absolute atomic E-state index is 0.108. The Labute approximate surface area is 98.1 Å². The number of urea groups is 1. The van der Waals surface area contributed by atoms with Crippen LogP contribution in [0, 0.1) is 0 Å². The molecule has 0 unspecified atom stereocenters. The van der Waals surface area contributed by atoms with Crippen molar-refractivity contribution >= 4 is 6.03 Å². The fourth-order valence-corrected chi connectivity index (χ4v) is 2.84. The highest BCUT2D eigenvalue weighted by atomic mass is 16.2. The molecule has 0 atom stereocenters. The fourth-order valence-electron chi connectivity index (χ4n) is 2.84. The molecule has 0 aromatic heterocycles. The minimum atomic E-state index is -0.108. The molecule has 1 aliphatic heterocycles. The average molecular weight is 222 g/mol. The third-order valence-corrected chi connectivity index (χ3v) is 4.22. The van der Waals surface area contributed by atoms with Crippen molar-refractivity contribution in [2.75, 3.05) is 20.6 Å². The number of nitrogens with zero attached hydrogens (tertiary/aromatic N) is 2. The number of allylic oxidation sites excluding steroid dienone is 1. The molecule has 1 saturated heterocycles. The van der Waals surface area contributed by atoms with Crippen LogP contribution in [0.3, 0.4) is 0 Å². The van der Waals surface area contributed by atoms with E-state index in [2.05, 4.69) is 13.8 Å². The van der Waals surface area contributed by atoms with E-state index in [1.54, 1.807) is 5.57 Å². The van der Waals surface area contributed by atoms with Crippen molar-refractivity contribution in [3.05, 3.63) is 11.1 Å². The van der Waals surface area contributed by atoms with Gasteiger partial charge >= 0.3 is 6.03 Å². The number of hydrogen-bond donors (Lipinski definition) is 0. The lowest BCUT2D eigenvalue weighted by Crippen LogP contribution is -2.58. The van der Waals surface area contributed by atoms with Crippen molar-refractivity contribution in [2.24, 2.45) is 0 Å². The van der Waals surface area contributed by atoms with Gasteiger partial charge in [0.2, 0.25) is 0 Å². The Morgan fingerprint density at radius 1 is 1.12 bits per heavy atom. The first-order valence-corrected chi connectivity index (χ1v) is 6.15. The topological polar surface area (TPSA) is 23.6 Å². The van der Waals surface area contributed by atoms with Gasteiger partial charge < -0.3 is 9.80 Å². The summed E-state index contributed by atoms with van der Waals surface area (Å²) in [6.07, 6.45) is 5.09. The van der Waals surface area contributed by atoms with Crippen LogP contribution >= 0.6 is 0 Å². The lowest BCUT2D eigenvalue weighted by atomic mass is 9.85. The zero-order valence-corrected chi connectivity index (χ0v) is 10.8. The maximum atomic E-state index is 11.9. The molecular formula is C13H22N2O. The van der Waals surface area contributed by atoms with E-state index < -0.39 is 0 Å². The zero-order valence-electron chi connectivity index (χ0n) is 10.8. The first-order valence-electron chi connectivity index (χ1n) is 6.15. The van der Waals surface area contributed by atoms with Gasteiger partial charge in [-0.05, 0) is 45.1 Å². The van der Waals surface area contributed by atoms with Gasteiger partial charge in [-0.15, -0.1) is 0 Å². The summed E-state index contributed by atoms with van der Waals surface area (Å²) in [6, 6.07) is 0.132. The molecule has 3 heteroatoms. The highest BCUT2D eigenvalue weighted by Gasteiger charge is 2.40. The molecule has 0 N–H and O–H groups in total. The van der Waals surface area contributed by atoms with E-state index in [0.717, 1.165) is 6.54 Å². The molecule has 16 heavy (non-hydrogen) atoms. The molecule has 90 valence electrons. The standard InChI is InChI=1S/C13H22N2O/c1-13(2)11(10-7-5-6-8-10)9-14(3)12(16)15(13)4/h5-9H2,1-4H3. The molecule has 1 heterocycles. The van der Waals surface area contributed by atoms with Crippen LogP contribution in [0.1, 0.15) is 39.5 Å². The molecule has 0 radical (unpaired) electrons. The maximum Gasteiger partial charge on any atom is 0.320 e. The van der Waals surface area contributed by atoms with Crippen LogP contribution in [0.25, 0.3) is 0 Å². The highest BCUT2D eigenvalue weighted by Crippen LogP contribution is 2.37. The number of amides is 2. The van der Waals surface area contributed by atoms with Gasteiger partial charge in [0.15, 0.2) is 0 Å². The Hall–Kier alpha value is -0.990. The number of carbonyl (C=O) groups is 1. The van der Waals surface area contributed by atoms with E-state index in [4.69, 9.17) is 0 Å². The van der Waals surface area contributed by atoms with Crippen LogP contribution in [0.15, 0.2) is 11.1 Å². The normalized spacial score (nSPS) is 25.6. The number of carbonyl (C=O) groups excluding carboxylic acids is 1. The molecule has 0 aromatic carbocycles. The average Bonchev–Trinajstić information content (AvgIpc) is 2.74. The van der Waals surface area contributed by atoms with Gasteiger partial charge in [0.05, 0.1) is 5.54 Å². The number of likely N-dealkylation sites (N-methyl/N-ethyl adjacent to an activating group) is 2. The van der Waals surface area contributed by atoms with Gasteiger partial charge in [0.25, 0.3) is 0 Å². The largest absolute Gasteiger partial charge is 0.324 e. The minimum Gasteiger partial charge on any atom is -0.324 e. The summed E-state index contributed by atoms with van der Waals surface area (Å²) in [7, 11) is 3.80. The van der Waals surface area contributed by atoms with E-state index in [1.807, 2.05) is 23.9 Å². The monoisotopic (exact) mass is 222 g/mol. The Morgan fingerprint density at radius 3 is 2.25 bits per heavy atom. The summed E-state index contributed by atoms with van der Waals surface area (Å²) in [5.74, 6) is 0. The van der Waals surface area contributed by atoms with Crippen LogP contribution in [0.2, 0.25) is 0 Å². The quantitative estimate of drug-likeness (QED) is 0.578. The van der Waals surface area contributed by atoms with Crippen molar-refractivity contribution in [1.29, 1.82) is 0 Å². The maximum absolute atomic E-state index is 11.9. The van der Waals surface area contributed by atoms with Gasteiger partial charge in [0.1, 0.15) is 0 Å². The van der Waals surface area contributed by atoms with Crippen LogP contribution in [-0.4, -0.2) is 42.0 Å². The first-order chi connectivity index (χ1) is 7.44. The molecule has 2 amide bonds. The van der Waals surface area contributed by atoms with Crippen LogP contribution in [0.4, 0.5) is 4.79 Å². The number of hydrogen-bond acceptors (Lipinski definition) is 1. The summed E-state index contributed by atoms with van der Waals surface area (Å²) < 4.78 is 0. The Bertz CT molecular complexity index is 336. The van der Waals surface area contributed by atoms with E-state index in [1.165, 1.54) is 31.3 Å². The van der Waals surface area contributed by atoms with Crippen molar-refractivity contribution in [3.8, 4) is 0 Å². The molecule has 0 spiro atoms. The molecular weight excluding hydrogens is 200 g/mol. The van der Waals surface area contributed by atoms with Crippen molar-refractivity contribution < 1.29 is 4.79 Å². The fraction of sp³-hybridized carbons (Fsp3) is 0.769. The molecule has 2 aliphatic rings. The summed E-state index contributed by atoms with van der Waals surface area (Å²) in [5.41, 5.74) is 2.95. The van der Waals surface area contributed by atoms with E-state index in [9.17, 15) is 4.79 Å². The molecule has 0 bridgehead atoms. The molecule has 1 aliphatic carbocycles. The summed E-state index contributed by atoms with van der Waals surface area (Å²) in [5, 5.41) is 0. The second-order valence-corrected chi connectivity index (χ2v) is 5.55. The smallest absolute Gasteiger partial charge is 0.320 e. The summed E-state index contributed by atoms with van der Waals surface area (Å²) in [4.78, 5) is 15.6. The third-order valence-electron chi connectivity index (χ3n) is 4.22. The van der Waals surface area contributed by atoms with Crippen molar-refractivity contribution in [3.63, 3.8) is 0 Å². The molecule has 2 rings (SSSR count). The van der Waals surface area contributed by atoms with Gasteiger partial charge in [0, 0.05) is 20.6 Å². The summed E-state index contributed by atoms with van der Waals surface area (Å²) >= 11 is 0. The molecule has 1 saturated carbocycles. The van der Waals surface area contributed by atoms with E-state index in [-0.39, 0.29) is 11.6 Å².